The van der Waals surface area contributed by atoms with E-state index in [9.17, 15) is 12.8 Å². The Balaban J connectivity index is 1.81. The molecule has 0 saturated carbocycles. The van der Waals surface area contributed by atoms with Crippen molar-refractivity contribution in [1.82, 2.24) is 4.31 Å². The Hall–Kier alpha value is -1.92. The first-order chi connectivity index (χ1) is 10.5. The minimum Gasteiger partial charge on any atom is -0.492 e. The van der Waals surface area contributed by atoms with Gasteiger partial charge in [-0.15, -0.1) is 0 Å². The van der Waals surface area contributed by atoms with Crippen molar-refractivity contribution < 1.29 is 17.5 Å². The molecule has 4 nitrogen and oxygen atoms in total. The van der Waals surface area contributed by atoms with E-state index in [-0.39, 0.29) is 11.6 Å². The smallest absolute Gasteiger partial charge is 0.218 e. The molecule has 0 radical (unpaired) electrons. The number of rotatable bonds is 3. The van der Waals surface area contributed by atoms with Crippen molar-refractivity contribution in [1.29, 1.82) is 0 Å². The first-order valence-electron chi connectivity index (χ1n) is 6.97. The SMILES string of the molecule is O=S(=O)(Cc1ccc(F)cc1)N1CCOc2ccccc2C1. The summed E-state index contributed by atoms with van der Waals surface area (Å²) >= 11 is 0. The number of halogens is 1. The van der Waals surface area contributed by atoms with Crippen molar-refractivity contribution in [3.8, 4) is 5.75 Å². The topological polar surface area (TPSA) is 46.6 Å². The molecule has 2 aromatic carbocycles. The molecule has 0 spiro atoms. The van der Waals surface area contributed by atoms with Gasteiger partial charge in [-0.05, 0) is 23.8 Å². The van der Waals surface area contributed by atoms with Gasteiger partial charge in [-0.1, -0.05) is 30.3 Å². The number of ether oxygens (including phenoxy) is 1. The Kier molecular flexibility index (Phi) is 4.13. The van der Waals surface area contributed by atoms with Crippen LogP contribution in [0.2, 0.25) is 0 Å². The summed E-state index contributed by atoms with van der Waals surface area (Å²) in [5, 5.41) is 0. The lowest BCUT2D eigenvalue weighted by atomic mass is 10.2. The Labute approximate surface area is 129 Å². The Morgan fingerprint density at radius 1 is 1.09 bits per heavy atom. The molecule has 1 aliphatic rings. The maximum Gasteiger partial charge on any atom is 0.218 e. The van der Waals surface area contributed by atoms with E-state index < -0.39 is 10.0 Å². The molecule has 0 unspecified atom stereocenters. The van der Waals surface area contributed by atoms with Gasteiger partial charge in [-0.25, -0.2) is 12.8 Å². The van der Waals surface area contributed by atoms with Crippen molar-refractivity contribution in [2.75, 3.05) is 13.2 Å². The fourth-order valence-corrected chi connectivity index (χ4v) is 3.91. The van der Waals surface area contributed by atoms with Crippen LogP contribution in [0.25, 0.3) is 0 Å². The normalized spacial score (nSPS) is 15.7. The van der Waals surface area contributed by atoms with E-state index in [1.54, 1.807) is 0 Å². The van der Waals surface area contributed by atoms with Crippen molar-refractivity contribution in [2.24, 2.45) is 0 Å². The van der Waals surface area contributed by atoms with Gasteiger partial charge in [0, 0.05) is 18.7 Å². The molecule has 0 atom stereocenters. The molecule has 1 aliphatic heterocycles. The molecule has 0 N–H and O–H groups in total. The van der Waals surface area contributed by atoms with Crippen LogP contribution >= 0.6 is 0 Å². The van der Waals surface area contributed by atoms with E-state index in [1.165, 1.54) is 28.6 Å². The summed E-state index contributed by atoms with van der Waals surface area (Å²) in [5.41, 5.74) is 1.42. The summed E-state index contributed by atoms with van der Waals surface area (Å²) in [6.07, 6.45) is 0. The van der Waals surface area contributed by atoms with Gasteiger partial charge in [-0.3, -0.25) is 0 Å². The largest absolute Gasteiger partial charge is 0.492 e. The van der Waals surface area contributed by atoms with E-state index >= 15 is 0 Å². The van der Waals surface area contributed by atoms with Gasteiger partial charge in [0.05, 0.1) is 5.75 Å². The van der Waals surface area contributed by atoms with Gasteiger partial charge < -0.3 is 4.74 Å². The summed E-state index contributed by atoms with van der Waals surface area (Å²) in [4.78, 5) is 0. The first-order valence-corrected chi connectivity index (χ1v) is 8.58. The lowest BCUT2D eigenvalue weighted by Gasteiger charge is -2.19. The molecule has 1 heterocycles. The van der Waals surface area contributed by atoms with E-state index in [4.69, 9.17) is 4.74 Å². The predicted molar refractivity (Wildman–Crippen MR) is 81.4 cm³/mol. The molecule has 0 bridgehead atoms. The van der Waals surface area contributed by atoms with Gasteiger partial charge >= 0.3 is 0 Å². The molecular weight excluding hydrogens is 305 g/mol. The van der Waals surface area contributed by atoms with Crippen LogP contribution in [0.4, 0.5) is 4.39 Å². The van der Waals surface area contributed by atoms with Crippen molar-refractivity contribution in [2.45, 2.75) is 12.3 Å². The van der Waals surface area contributed by atoms with Crippen LogP contribution in [0.3, 0.4) is 0 Å². The highest BCUT2D eigenvalue weighted by molar-refractivity contribution is 7.88. The second kappa shape index (κ2) is 6.06. The number of hydrogen-bond donors (Lipinski definition) is 0. The zero-order valence-electron chi connectivity index (χ0n) is 11.9. The Morgan fingerprint density at radius 3 is 2.59 bits per heavy atom. The lowest BCUT2D eigenvalue weighted by Crippen LogP contribution is -2.33. The highest BCUT2D eigenvalue weighted by atomic mass is 32.2. The second-order valence-corrected chi connectivity index (χ2v) is 7.14. The summed E-state index contributed by atoms with van der Waals surface area (Å²) in [7, 11) is -3.48. The Morgan fingerprint density at radius 2 is 1.82 bits per heavy atom. The van der Waals surface area contributed by atoms with Crippen LogP contribution in [-0.4, -0.2) is 25.9 Å². The van der Waals surface area contributed by atoms with Crippen LogP contribution in [0.5, 0.6) is 5.75 Å². The summed E-state index contributed by atoms with van der Waals surface area (Å²) < 4.78 is 45.1. The number of para-hydroxylation sites is 1. The number of fused-ring (bicyclic) bond motifs is 1. The molecule has 116 valence electrons. The lowest BCUT2D eigenvalue weighted by molar-refractivity contribution is 0.293. The van der Waals surface area contributed by atoms with Gasteiger partial charge in [0.2, 0.25) is 10.0 Å². The maximum atomic E-state index is 12.9. The van der Waals surface area contributed by atoms with E-state index in [2.05, 4.69) is 0 Å². The van der Waals surface area contributed by atoms with Crippen LogP contribution < -0.4 is 4.74 Å². The zero-order valence-corrected chi connectivity index (χ0v) is 12.7. The minimum atomic E-state index is -3.48. The van der Waals surface area contributed by atoms with Crippen LogP contribution in [0.15, 0.2) is 48.5 Å². The number of hydrogen-bond acceptors (Lipinski definition) is 3. The monoisotopic (exact) mass is 321 g/mol. The Bertz CT molecular complexity index is 759. The fraction of sp³-hybridized carbons (Fsp3) is 0.250. The molecule has 0 amide bonds. The standard InChI is InChI=1S/C16H16FNO3S/c17-15-7-5-13(6-8-15)12-22(19,20)18-9-10-21-16-4-2-1-3-14(16)11-18/h1-8H,9-12H2. The average Bonchev–Trinajstić information content (AvgIpc) is 2.72. The quantitative estimate of drug-likeness (QED) is 0.873. The number of sulfonamides is 1. The molecule has 6 heteroatoms. The molecule has 0 aromatic heterocycles. The first kappa shape index (κ1) is 15.0. The third-order valence-electron chi connectivity index (χ3n) is 3.57. The third-order valence-corrected chi connectivity index (χ3v) is 5.37. The molecule has 3 rings (SSSR count). The summed E-state index contributed by atoms with van der Waals surface area (Å²) in [6, 6.07) is 13.0. The van der Waals surface area contributed by atoms with E-state index in [1.807, 2.05) is 24.3 Å². The van der Waals surface area contributed by atoms with Gasteiger partial charge in [-0.2, -0.15) is 4.31 Å². The molecule has 2 aromatic rings. The molecular formula is C16H16FNO3S. The predicted octanol–water partition coefficient (Wildman–Crippen LogP) is 2.55. The van der Waals surface area contributed by atoms with Crippen molar-refractivity contribution in [3.63, 3.8) is 0 Å². The van der Waals surface area contributed by atoms with Crippen LogP contribution in [-0.2, 0) is 22.3 Å². The molecule has 0 saturated heterocycles. The van der Waals surface area contributed by atoms with Crippen molar-refractivity contribution in [3.05, 3.63) is 65.5 Å². The molecule has 0 fully saturated rings. The maximum absolute atomic E-state index is 12.9. The van der Waals surface area contributed by atoms with Crippen molar-refractivity contribution >= 4 is 10.0 Å². The highest BCUT2D eigenvalue weighted by Crippen LogP contribution is 2.24. The van der Waals surface area contributed by atoms with Gasteiger partial charge in [0.15, 0.2) is 0 Å². The average molecular weight is 321 g/mol. The van der Waals surface area contributed by atoms with Gasteiger partial charge in [0.25, 0.3) is 0 Å². The highest BCUT2D eigenvalue weighted by Gasteiger charge is 2.26. The summed E-state index contributed by atoms with van der Waals surface area (Å²) in [6.45, 7) is 0.914. The van der Waals surface area contributed by atoms with E-state index in [0.717, 1.165) is 11.3 Å². The number of benzene rings is 2. The van der Waals surface area contributed by atoms with Crippen LogP contribution in [0, 0.1) is 5.82 Å². The second-order valence-electron chi connectivity index (χ2n) is 5.17. The number of nitrogens with zero attached hydrogens (tertiary/aromatic N) is 1. The minimum absolute atomic E-state index is 0.143. The fourth-order valence-electron chi connectivity index (χ4n) is 2.42. The zero-order chi connectivity index (χ0) is 15.6. The van der Waals surface area contributed by atoms with Gasteiger partial charge in [0.1, 0.15) is 18.2 Å². The third kappa shape index (κ3) is 3.28. The molecule has 22 heavy (non-hydrogen) atoms. The van der Waals surface area contributed by atoms with Crippen LogP contribution in [0.1, 0.15) is 11.1 Å². The molecule has 0 aliphatic carbocycles. The summed E-state index contributed by atoms with van der Waals surface area (Å²) in [5.74, 6) is 0.204. The van der Waals surface area contributed by atoms with E-state index in [0.29, 0.717) is 25.3 Å².